The SMILES string of the molecule is CN(C)P(=O)(N(C)C)N(C)C.CN(C)P(=O)(N(C)C)N(C)C.CN(C)P(=O)(N(C)C)N(C)C.CN(C)P(=O)(N(C)C)N(C)C.CN(C)P(=O)(N(C)C)N(C)C.CN(C)P(=O)(N(C)C)N(C)C.[I-].[I-].[Sm]. The summed E-state index contributed by atoms with van der Waals surface area (Å²) in [6, 6.07) is 0. The summed E-state index contributed by atoms with van der Waals surface area (Å²) in [6.07, 6.45) is 0. The Hall–Kier alpha value is 3.46. The molecule has 69 heavy (non-hydrogen) atoms. The molecule has 33 heteroatoms. The third-order valence-electron chi connectivity index (χ3n) is 9.38. The average Bonchev–Trinajstić information content (AvgIpc) is 3.15. The van der Waals surface area contributed by atoms with E-state index in [0.717, 1.165) is 0 Å². The molecule has 0 radical (unpaired) electrons. The van der Waals surface area contributed by atoms with Crippen molar-refractivity contribution in [1.29, 1.82) is 0 Å². The van der Waals surface area contributed by atoms with E-state index in [1.807, 2.05) is 254 Å². The van der Waals surface area contributed by atoms with E-state index in [2.05, 4.69) is 0 Å². The van der Waals surface area contributed by atoms with Crippen molar-refractivity contribution in [2.75, 3.05) is 254 Å². The van der Waals surface area contributed by atoms with Crippen molar-refractivity contribution in [3.05, 3.63) is 0 Å². The molecule has 0 aliphatic rings. The van der Waals surface area contributed by atoms with E-state index in [1.165, 1.54) is 0 Å². The van der Waals surface area contributed by atoms with Gasteiger partial charge in [0.05, 0.1) is 0 Å². The molecule has 0 saturated carbocycles. The molecule has 0 aliphatic carbocycles. The Balaban J connectivity index is -0.0000000887. The van der Waals surface area contributed by atoms with E-state index in [1.54, 1.807) is 84.1 Å². The predicted molar refractivity (Wildman–Crippen MR) is 292 cm³/mol. The fourth-order valence-corrected chi connectivity index (χ4v) is 19.3. The molecule has 0 fully saturated rings. The zero-order valence-corrected chi connectivity index (χ0v) is 62.6. The Kier molecular flexibility index (Phi) is 54.1. The first-order valence-corrected chi connectivity index (χ1v) is 30.2. The second-order valence-electron chi connectivity index (χ2n) is 18.3. The minimum Gasteiger partial charge on any atom is -1.00 e. The number of nitrogens with zero attached hydrogens (tertiary/aromatic N) is 18. The quantitative estimate of drug-likeness (QED) is 0.117. The topological polar surface area (TPSA) is 161 Å². The summed E-state index contributed by atoms with van der Waals surface area (Å²) in [5.74, 6) is 0. The van der Waals surface area contributed by atoms with Gasteiger partial charge < -0.3 is 48.0 Å². The normalized spacial score (nSPS) is 13.0. The van der Waals surface area contributed by atoms with Gasteiger partial charge in [-0.15, -0.1) is 0 Å². The number of rotatable bonds is 18. The number of halogens is 2. The van der Waals surface area contributed by atoms with Crippen molar-refractivity contribution in [1.82, 2.24) is 84.1 Å². The van der Waals surface area contributed by atoms with E-state index in [-0.39, 0.29) is 88.3 Å². The van der Waals surface area contributed by atoms with Crippen LogP contribution < -0.4 is 48.0 Å². The Morgan fingerprint density at radius 3 is 0.174 bits per heavy atom. The molecule has 0 amide bonds. The van der Waals surface area contributed by atoms with Crippen molar-refractivity contribution in [2.45, 2.75) is 0 Å². The zero-order chi connectivity index (χ0) is 55.4. The summed E-state index contributed by atoms with van der Waals surface area (Å²) in [7, 11) is 50.9. The van der Waals surface area contributed by atoms with Crippen LogP contribution in [0.25, 0.3) is 0 Å². The van der Waals surface area contributed by atoms with E-state index in [9.17, 15) is 27.4 Å². The van der Waals surface area contributed by atoms with Crippen LogP contribution >= 0.6 is 45.6 Å². The van der Waals surface area contributed by atoms with Crippen LogP contribution in [-0.2, 0) is 27.4 Å². The second-order valence-corrected chi connectivity index (χ2v) is 38.9. The molecule has 0 saturated heterocycles. The molecular weight excluding hydrogens is 1370 g/mol. The van der Waals surface area contributed by atoms with Crippen molar-refractivity contribution < 1.29 is 116 Å². The summed E-state index contributed by atoms with van der Waals surface area (Å²) >= 11 is 0. The van der Waals surface area contributed by atoms with Gasteiger partial charge in [-0.2, -0.15) is 0 Å². The third kappa shape index (κ3) is 27.8. The molecule has 0 bridgehead atoms. The second kappa shape index (κ2) is 40.6. The van der Waals surface area contributed by atoms with Gasteiger partial charge in [0.2, 0.25) is 0 Å². The van der Waals surface area contributed by atoms with Crippen LogP contribution in [-0.4, -0.2) is 338 Å². The van der Waals surface area contributed by atoms with Crippen LogP contribution in [0.2, 0.25) is 0 Å². The largest absolute Gasteiger partial charge is 1.00 e. The maximum atomic E-state index is 12.1. The molecule has 0 heterocycles. The molecule has 0 aromatic heterocycles. The molecular formula is C36H108I2N18O6P6Sm-2. The summed E-state index contributed by atoms with van der Waals surface area (Å²) in [5.41, 5.74) is 0. The van der Waals surface area contributed by atoms with Crippen LogP contribution in [0.3, 0.4) is 0 Å². The number of hydrogen-bond acceptors (Lipinski definition) is 6. The van der Waals surface area contributed by atoms with Crippen molar-refractivity contribution in [3.63, 3.8) is 0 Å². The van der Waals surface area contributed by atoms with Crippen molar-refractivity contribution >= 4 is 45.6 Å². The van der Waals surface area contributed by atoms with Gasteiger partial charge in [0, 0.05) is 40.4 Å². The summed E-state index contributed by atoms with van der Waals surface area (Å²) < 4.78 is 104. The monoisotopic (exact) mass is 1480 g/mol. The van der Waals surface area contributed by atoms with Crippen LogP contribution in [0.1, 0.15) is 0 Å². The zero-order valence-electron chi connectivity index (χ0n) is 50.3. The van der Waals surface area contributed by atoms with Gasteiger partial charge in [-0.3, -0.25) is 27.4 Å². The molecule has 0 aliphatic heterocycles. The van der Waals surface area contributed by atoms with Gasteiger partial charge in [0.15, 0.2) is 0 Å². The minimum absolute atomic E-state index is 0. The Morgan fingerprint density at radius 1 is 0.145 bits per heavy atom. The average molecular weight is 1480 g/mol. The first-order valence-electron chi connectivity index (χ1n) is 20.8. The van der Waals surface area contributed by atoms with Gasteiger partial charge in [-0.1, -0.05) is 0 Å². The predicted octanol–water partition coefficient (Wildman–Crippen LogP) is -1.32. The molecule has 0 aromatic rings. The summed E-state index contributed by atoms with van der Waals surface area (Å²) in [6.45, 7) is 0. The van der Waals surface area contributed by atoms with E-state index < -0.39 is 45.6 Å². The molecule has 24 nitrogen and oxygen atoms in total. The van der Waals surface area contributed by atoms with Gasteiger partial charge in [0.25, 0.3) is 45.6 Å². The molecule has 0 N–H and O–H groups in total. The smallest absolute Gasteiger partial charge is 0.285 e. The molecule has 0 atom stereocenters. The van der Waals surface area contributed by atoms with E-state index in [4.69, 9.17) is 0 Å². The van der Waals surface area contributed by atoms with Crippen molar-refractivity contribution in [3.8, 4) is 0 Å². The Labute approximate surface area is 494 Å². The molecule has 0 aromatic carbocycles. The van der Waals surface area contributed by atoms with Crippen molar-refractivity contribution in [2.24, 2.45) is 0 Å². The summed E-state index contributed by atoms with van der Waals surface area (Å²) in [5, 5.41) is 0. The third-order valence-corrected chi connectivity index (χ3v) is 28.1. The van der Waals surface area contributed by atoms with Crippen LogP contribution in [0.5, 0.6) is 0 Å². The fourth-order valence-electron chi connectivity index (χ4n) is 6.44. The molecule has 430 valence electrons. The van der Waals surface area contributed by atoms with Crippen LogP contribution in [0.4, 0.5) is 0 Å². The first kappa shape index (κ1) is 91.9. The maximum Gasteiger partial charge on any atom is 0.285 e. The van der Waals surface area contributed by atoms with Gasteiger partial charge in [-0.25, -0.2) is 84.1 Å². The van der Waals surface area contributed by atoms with E-state index >= 15 is 0 Å². The summed E-state index contributed by atoms with van der Waals surface area (Å²) in [4.78, 5) is 0. The standard InChI is InChI=1S/6C6H18N3OP.2HI.Sm/c6*1-7(2)11(10,8(3)4)9(5)6;;;/h6*1-6H3;2*1H;/p-2. The fraction of sp³-hybridized carbons (Fsp3) is 1.00. The molecule has 0 unspecified atom stereocenters. The van der Waals surface area contributed by atoms with Gasteiger partial charge in [0.1, 0.15) is 0 Å². The number of hydrogen-bond donors (Lipinski definition) is 0. The first-order chi connectivity index (χ1) is 29.0. The maximum absolute atomic E-state index is 12.1. The molecule has 0 spiro atoms. The Morgan fingerprint density at radius 2 is 0.174 bits per heavy atom. The van der Waals surface area contributed by atoms with E-state index in [0.29, 0.717) is 0 Å². The minimum atomic E-state index is -2.44. The van der Waals surface area contributed by atoms with Gasteiger partial charge in [-0.05, 0) is 254 Å². The van der Waals surface area contributed by atoms with Crippen LogP contribution in [0.15, 0.2) is 0 Å². The van der Waals surface area contributed by atoms with Crippen LogP contribution in [0, 0.1) is 40.4 Å². The van der Waals surface area contributed by atoms with Gasteiger partial charge >= 0.3 is 0 Å². The molecule has 0 rings (SSSR count). The Bertz CT molecular complexity index is 1150.